The van der Waals surface area contributed by atoms with Gasteiger partial charge in [-0.15, -0.1) is 0 Å². The van der Waals surface area contributed by atoms with Crippen molar-refractivity contribution in [3.05, 3.63) is 23.8 Å². The smallest absolute Gasteiger partial charge is 0.0936 e. The molecule has 2 fully saturated rings. The molecule has 3 nitrogen and oxygen atoms in total. The summed E-state index contributed by atoms with van der Waals surface area (Å²) in [5.41, 5.74) is 1.19. The average molecular weight is 322 g/mol. The van der Waals surface area contributed by atoms with E-state index in [0.29, 0.717) is 12.3 Å². The number of fused-ring (bicyclic) bond motifs is 1. The lowest BCUT2D eigenvalue weighted by molar-refractivity contribution is -0.115. The van der Waals surface area contributed by atoms with Gasteiger partial charge in [0, 0.05) is 5.92 Å². The van der Waals surface area contributed by atoms with E-state index in [0.717, 1.165) is 31.3 Å². The molecule has 0 aliphatic heterocycles. The molecule has 2 aliphatic carbocycles. The van der Waals surface area contributed by atoms with Crippen molar-refractivity contribution in [2.75, 3.05) is 0 Å². The maximum atomic E-state index is 11.0. The van der Waals surface area contributed by atoms with Crippen molar-refractivity contribution in [2.24, 2.45) is 23.7 Å². The number of hydrogen-bond acceptors (Lipinski definition) is 3. The van der Waals surface area contributed by atoms with Gasteiger partial charge in [0.05, 0.1) is 17.8 Å². The van der Waals surface area contributed by atoms with Crippen LogP contribution in [-0.2, 0) is 0 Å². The van der Waals surface area contributed by atoms with Gasteiger partial charge in [-0.3, -0.25) is 0 Å². The maximum absolute atomic E-state index is 11.0. The summed E-state index contributed by atoms with van der Waals surface area (Å²) < 4.78 is 0. The maximum Gasteiger partial charge on any atom is 0.0936 e. The first kappa shape index (κ1) is 18.7. The van der Waals surface area contributed by atoms with Gasteiger partial charge < -0.3 is 15.3 Å². The Labute approximate surface area is 141 Å². The van der Waals surface area contributed by atoms with Crippen LogP contribution < -0.4 is 0 Å². The summed E-state index contributed by atoms with van der Waals surface area (Å²) in [5, 5.41) is 32.0. The Morgan fingerprint density at radius 1 is 1.39 bits per heavy atom. The minimum atomic E-state index is -1.23. The van der Waals surface area contributed by atoms with Gasteiger partial charge in [-0.1, -0.05) is 30.7 Å². The van der Waals surface area contributed by atoms with Gasteiger partial charge in [0.2, 0.25) is 0 Å². The Morgan fingerprint density at radius 2 is 2.04 bits per heavy atom. The van der Waals surface area contributed by atoms with Crippen molar-refractivity contribution >= 4 is 0 Å². The third-order valence-corrected chi connectivity index (χ3v) is 6.30. The van der Waals surface area contributed by atoms with E-state index in [9.17, 15) is 15.3 Å². The van der Waals surface area contributed by atoms with E-state index in [2.05, 4.69) is 33.4 Å². The first-order valence-electron chi connectivity index (χ1n) is 9.05. The third-order valence-electron chi connectivity index (χ3n) is 6.30. The fourth-order valence-corrected chi connectivity index (χ4v) is 4.70. The van der Waals surface area contributed by atoms with Gasteiger partial charge >= 0.3 is 0 Å². The molecule has 23 heavy (non-hydrogen) atoms. The highest BCUT2D eigenvalue weighted by Gasteiger charge is 2.56. The number of rotatable bonds is 4. The molecule has 1 unspecified atom stereocenters. The highest BCUT2D eigenvalue weighted by atomic mass is 16.3. The second-order valence-electron chi connectivity index (χ2n) is 8.30. The Hall–Kier alpha value is -0.640. The highest BCUT2D eigenvalue weighted by molar-refractivity contribution is 5.17. The minimum Gasteiger partial charge on any atom is -0.392 e. The van der Waals surface area contributed by atoms with E-state index in [1.54, 1.807) is 6.92 Å². The lowest BCUT2D eigenvalue weighted by Crippen LogP contribution is -2.48. The molecule has 0 heterocycles. The lowest BCUT2D eigenvalue weighted by atomic mass is 9.73. The van der Waals surface area contributed by atoms with Crippen LogP contribution in [0.3, 0.4) is 0 Å². The predicted octanol–water partition coefficient (Wildman–Crippen LogP) is 3.44. The van der Waals surface area contributed by atoms with Gasteiger partial charge in [-0.05, 0) is 70.6 Å². The second-order valence-corrected chi connectivity index (χ2v) is 8.30. The Balaban J connectivity index is 2.16. The van der Waals surface area contributed by atoms with Crippen LogP contribution in [0.15, 0.2) is 23.8 Å². The first-order valence-corrected chi connectivity index (χ1v) is 9.05. The Bertz CT molecular complexity index is 462. The molecule has 0 aromatic carbocycles. The highest BCUT2D eigenvalue weighted by Crippen LogP contribution is 2.51. The van der Waals surface area contributed by atoms with Crippen LogP contribution in [0.2, 0.25) is 0 Å². The molecular formula is C20H34O3. The predicted molar refractivity (Wildman–Crippen MR) is 93.9 cm³/mol. The summed E-state index contributed by atoms with van der Waals surface area (Å²) in [7, 11) is 0. The Morgan fingerprint density at radius 3 is 2.65 bits per heavy atom. The topological polar surface area (TPSA) is 60.7 Å². The van der Waals surface area contributed by atoms with E-state index in [4.69, 9.17) is 0 Å². The standard InChI is InChI=1S/C20H34O3/c1-12(2)7-6-8-13(3)15-10-9-14(4)16-11-17(21)20(5,23)18(16)19(15)22/h7,13,15-19,21-23H,4,6,8-11H2,1-3,5H3/t13?,15-,16-,17-,18+,19+,20+/m0/s1. The van der Waals surface area contributed by atoms with E-state index < -0.39 is 17.8 Å². The van der Waals surface area contributed by atoms with Gasteiger partial charge in [-0.2, -0.15) is 0 Å². The normalized spacial score (nSPS) is 42.0. The lowest BCUT2D eigenvalue weighted by Gasteiger charge is -2.38. The van der Waals surface area contributed by atoms with Crippen molar-refractivity contribution in [3.63, 3.8) is 0 Å². The van der Waals surface area contributed by atoms with Gasteiger partial charge in [-0.25, -0.2) is 0 Å². The number of hydrogen-bond donors (Lipinski definition) is 3. The summed E-state index contributed by atoms with van der Waals surface area (Å²) in [5.74, 6) is 0.276. The largest absolute Gasteiger partial charge is 0.392 e. The summed E-state index contributed by atoms with van der Waals surface area (Å²) in [6.07, 6.45) is 5.30. The number of aliphatic hydroxyl groups is 3. The molecule has 2 aliphatic rings. The van der Waals surface area contributed by atoms with Crippen molar-refractivity contribution in [2.45, 2.75) is 77.6 Å². The van der Waals surface area contributed by atoms with Gasteiger partial charge in [0.15, 0.2) is 0 Å². The van der Waals surface area contributed by atoms with Crippen LogP contribution in [0, 0.1) is 23.7 Å². The van der Waals surface area contributed by atoms with Crippen molar-refractivity contribution in [3.8, 4) is 0 Å². The summed E-state index contributed by atoms with van der Waals surface area (Å²) in [4.78, 5) is 0. The van der Waals surface area contributed by atoms with Crippen molar-refractivity contribution in [1.82, 2.24) is 0 Å². The molecule has 2 rings (SSSR count). The van der Waals surface area contributed by atoms with Crippen LogP contribution in [0.5, 0.6) is 0 Å². The summed E-state index contributed by atoms with van der Waals surface area (Å²) in [6, 6.07) is 0. The molecule has 0 saturated heterocycles. The molecule has 7 atom stereocenters. The van der Waals surface area contributed by atoms with E-state index >= 15 is 0 Å². The second kappa shape index (κ2) is 7.08. The molecule has 0 amide bonds. The molecule has 0 aromatic heterocycles. The summed E-state index contributed by atoms with van der Waals surface area (Å²) in [6.45, 7) is 12.3. The van der Waals surface area contributed by atoms with Crippen LogP contribution in [0.25, 0.3) is 0 Å². The monoisotopic (exact) mass is 322 g/mol. The van der Waals surface area contributed by atoms with Crippen LogP contribution in [-0.4, -0.2) is 33.1 Å². The van der Waals surface area contributed by atoms with Crippen LogP contribution in [0.1, 0.15) is 59.8 Å². The van der Waals surface area contributed by atoms with Crippen molar-refractivity contribution < 1.29 is 15.3 Å². The van der Waals surface area contributed by atoms with Crippen LogP contribution >= 0.6 is 0 Å². The molecule has 3 N–H and O–H groups in total. The Kier molecular flexibility index (Phi) is 5.76. The van der Waals surface area contributed by atoms with Crippen LogP contribution in [0.4, 0.5) is 0 Å². The molecule has 3 heteroatoms. The fourth-order valence-electron chi connectivity index (χ4n) is 4.70. The quantitative estimate of drug-likeness (QED) is 0.695. The SMILES string of the molecule is C=C1CC[C@@H](C(C)CCC=C(C)C)[C@@H](O)[C@H]2[C@H]1C[C@H](O)[C@@]2(C)O. The molecule has 0 aromatic rings. The van der Waals surface area contributed by atoms with Crippen molar-refractivity contribution in [1.29, 1.82) is 0 Å². The zero-order valence-electron chi connectivity index (χ0n) is 15.1. The molecule has 2 saturated carbocycles. The molecule has 0 radical (unpaired) electrons. The van der Waals surface area contributed by atoms with Gasteiger partial charge in [0.1, 0.15) is 0 Å². The van der Waals surface area contributed by atoms with Gasteiger partial charge in [0.25, 0.3) is 0 Å². The molecule has 132 valence electrons. The average Bonchev–Trinajstić information content (AvgIpc) is 2.60. The zero-order chi connectivity index (χ0) is 17.4. The third kappa shape index (κ3) is 3.72. The molecular weight excluding hydrogens is 288 g/mol. The van der Waals surface area contributed by atoms with E-state index in [-0.39, 0.29) is 17.8 Å². The molecule has 0 spiro atoms. The minimum absolute atomic E-state index is 0.0324. The summed E-state index contributed by atoms with van der Waals surface area (Å²) >= 11 is 0. The fraction of sp³-hybridized carbons (Fsp3) is 0.800. The number of allylic oxidation sites excluding steroid dienone is 3. The van der Waals surface area contributed by atoms with E-state index in [1.807, 2.05) is 0 Å². The molecule has 0 bridgehead atoms. The number of aliphatic hydroxyl groups excluding tert-OH is 2. The zero-order valence-corrected chi connectivity index (χ0v) is 15.1. The first-order chi connectivity index (χ1) is 10.7. The van der Waals surface area contributed by atoms with E-state index in [1.165, 1.54) is 5.57 Å².